The molecule has 1 aliphatic rings. The van der Waals surface area contributed by atoms with Crippen molar-refractivity contribution in [3.05, 3.63) is 87.6 Å². The molecule has 0 bridgehead atoms. The number of carbonyl (C=O) groups is 1. The minimum Gasteiger partial charge on any atom is -0.350 e. The van der Waals surface area contributed by atoms with Gasteiger partial charge in [-0.2, -0.15) is 9.40 Å². The van der Waals surface area contributed by atoms with Crippen molar-refractivity contribution >= 4 is 38.6 Å². The number of hydrogen-bond acceptors (Lipinski definition) is 6. The molecule has 12 heteroatoms. The van der Waals surface area contributed by atoms with E-state index >= 15 is 0 Å². The Morgan fingerprint density at radius 1 is 1.08 bits per heavy atom. The van der Waals surface area contributed by atoms with Crippen molar-refractivity contribution < 1.29 is 13.2 Å². The van der Waals surface area contributed by atoms with Gasteiger partial charge in [0.05, 0.1) is 24.2 Å². The van der Waals surface area contributed by atoms with Gasteiger partial charge < -0.3 is 5.32 Å². The lowest BCUT2D eigenvalue weighted by molar-refractivity contribution is 0.0952. The van der Waals surface area contributed by atoms with Crippen LogP contribution in [0.15, 0.2) is 70.7 Å². The second kappa shape index (κ2) is 10.4. The normalized spacial score (nSPS) is 14.3. The second-order valence-electron chi connectivity index (χ2n) is 8.80. The zero-order chi connectivity index (χ0) is 26.0. The minimum atomic E-state index is -3.53. The fraction of sp³-hybridized carbons (Fsp3) is 0.280. The third-order valence-electron chi connectivity index (χ3n) is 6.29. The Balaban J connectivity index is 1.21. The maximum absolute atomic E-state index is 12.9. The Morgan fingerprint density at radius 3 is 2.57 bits per heavy atom. The molecule has 10 nitrogen and oxygen atoms in total. The molecule has 37 heavy (non-hydrogen) atoms. The van der Waals surface area contributed by atoms with E-state index in [0.29, 0.717) is 47.8 Å². The third kappa shape index (κ3) is 5.29. The van der Waals surface area contributed by atoms with Gasteiger partial charge in [0.2, 0.25) is 10.0 Å². The van der Waals surface area contributed by atoms with Crippen LogP contribution >= 0.6 is 11.6 Å². The highest BCUT2D eigenvalue weighted by Crippen LogP contribution is 2.21. The van der Waals surface area contributed by atoms with Crippen LogP contribution in [0.25, 0.3) is 11.0 Å². The molecule has 1 fully saturated rings. The number of amides is 1. The molecular weight excluding hydrogens is 516 g/mol. The van der Waals surface area contributed by atoms with E-state index < -0.39 is 10.0 Å². The fourth-order valence-electron chi connectivity index (χ4n) is 4.34. The zero-order valence-electron chi connectivity index (χ0n) is 19.9. The van der Waals surface area contributed by atoms with Crippen molar-refractivity contribution in [2.24, 2.45) is 0 Å². The molecule has 1 N–H and O–H groups in total. The SMILES string of the molecule is O=C(NCCn1ncc2c(=O)n(Cc3cccc(Cl)c3)cnc21)c1ccc(S(=O)(=O)N2CCCC2)cc1. The first-order chi connectivity index (χ1) is 17.8. The predicted molar refractivity (Wildman–Crippen MR) is 139 cm³/mol. The zero-order valence-corrected chi connectivity index (χ0v) is 21.5. The maximum Gasteiger partial charge on any atom is 0.264 e. The minimum absolute atomic E-state index is 0.182. The summed E-state index contributed by atoms with van der Waals surface area (Å²) >= 11 is 6.04. The Hall–Kier alpha value is -3.54. The number of nitrogens with zero attached hydrogens (tertiary/aromatic N) is 5. The van der Waals surface area contributed by atoms with Gasteiger partial charge in [-0.15, -0.1) is 0 Å². The second-order valence-corrected chi connectivity index (χ2v) is 11.2. The van der Waals surface area contributed by atoms with Gasteiger partial charge in [-0.05, 0) is 54.8 Å². The van der Waals surface area contributed by atoms with E-state index in [2.05, 4.69) is 15.4 Å². The van der Waals surface area contributed by atoms with Gasteiger partial charge in [-0.25, -0.2) is 18.1 Å². The van der Waals surface area contributed by atoms with Crippen LogP contribution in [0.1, 0.15) is 28.8 Å². The number of benzene rings is 2. The lowest BCUT2D eigenvalue weighted by atomic mass is 10.2. The summed E-state index contributed by atoms with van der Waals surface area (Å²) < 4.78 is 29.8. The highest BCUT2D eigenvalue weighted by molar-refractivity contribution is 7.89. The van der Waals surface area contributed by atoms with Crippen molar-refractivity contribution in [3.8, 4) is 0 Å². The molecule has 0 atom stereocenters. The molecule has 1 saturated heterocycles. The van der Waals surface area contributed by atoms with Crippen molar-refractivity contribution in [3.63, 3.8) is 0 Å². The van der Waals surface area contributed by atoms with E-state index in [-0.39, 0.29) is 22.9 Å². The predicted octanol–water partition coefficient (Wildman–Crippen LogP) is 2.51. The topological polar surface area (TPSA) is 119 Å². The van der Waals surface area contributed by atoms with Gasteiger partial charge in [0, 0.05) is 30.2 Å². The average Bonchev–Trinajstić information content (AvgIpc) is 3.57. The van der Waals surface area contributed by atoms with Crippen molar-refractivity contribution in [2.45, 2.75) is 30.8 Å². The molecule has 0 spiro atoms. The molecule has 5 rings (SSSR count). The van der Waals surface area contributed by atoms with Crippen LogP contribution in [0.2, 0.25) is 5.02 Å². The Morgan fingerprint density at radius 2 is 1.84 bits per heavy atom. The molecule has 192 valence electrons. The Bertz CT molecular complexity index is 1610. The number of nitrogens with one attached hydrogen (secondary N) is 1. The van der Waals surface area contributed by atoms with Crippen molar-refractivity contribution in [1.29, 1.82) is 0 Å². The van der Waals surface area contributed by atoms with Crippen LogP contribution in [-0.2, 0) is 23.1 Å². The number of carbonyl (C=O) groups excluding carboxylic acids is 1. The molecule has 1 amide bonds. The molecule has 0 radical (unpaired) electrons. The van der Waals surface area contributed by atoms with Gasteiger partial charge >= 0.3 is 0 Å². The largest absolute Gasteiger partial charge is 0.350 e. The Kier molecular flexibility index (Phi) is 7.09. The van der Waals surface area contributed by atoms with Crippen molar-refractivity contribution in [2.75, 3.05) is 19.6 Å². The fourth-order valence-corrected chi connectivity index (χ4v) is 6.07. The van der Waals surface area contributed by atoms with E-state index in [0.717, 1.165) is 18.4 Å². The number of halogens is 1. The van der Waals surface area contributed by atoms with Gasteiger partial charge in [0.25, 0.3) is 11.5 Å². The summed E-state index contributed by atoms with van der Waals surface area (Å²) in [6.07, 6.45) is 4.67. The Labute approximate surface area is 218 Å². The summed E-state index contributed by atoms with van der Waals surface area (Å²) in [4.78, 5) is 30.1. The van der Waals surface area contributed by atoms with Crippen LogP contribution in [0, 0.1) is 0 Å². The molecule has 3 heterocycles. The van der Waals surface area contributed by atoms with Crippen molar-refractivity contribution in [1.82, 2.24) is 29.0 Å². The van der Waals surface area contributed by atoms with Gasteiger partial charge in [0.15, 0.2) is 5.65 Å². The number of rotatable bonds is 8. The molecule has 0 aliphatic carbocycles. The summed E-state index contributed by atoms with van der Waals surface area (Å²) in [5.41, 5.74) is 1.45. The van der Waals surface area contributed by atoms with Gasteiger partial charge in [-0.3, -0.25) is 14.2 Å². The lowest BCUT2D eigenvalue weighted by Crippen LogP contribution is -2.29. The summed E-state index contributed by atoms with van der Waals surface area (Å²) in [7, 11) is -3.53. The lowest BCUT2D eigenvalue weighted by Gasteiger charge is -2.15. The number of fused-ring (bicyclic) bond motifs is 1. The summed E-state index contributed by atoms with van der Waals surface area (Å²) in [5, 5.41) is 8.03. The summed E-state index contributed by atoms with van der Waals surface area (Å²) in [6, 6.07) is 13.2. The molecule has 2 aromatic carbocycles. The van der Waals surface area contributed by atoms with E-state index in [1.807, 2.05) is 12.1 Å². The molecule has 1 aliphatic heterocycles. The number of sulfonamides is 1. The molecule has 0 saturated carbocycles. The van der Waals surface area contributed by atoms with Crippen LogP contribution in [-0.4, -0.2) is 57.6 Å². The number of aromatic nitrogens is 4. The average molecular weight is 541 g/mol. The van der Waals surface area contributed by atoms with Crippen LogP contribution < -0.4 is 10.9 Å². The first kappa shape index (κ1) is 25.1. The first-order valence-corrected chi connectivity index (χ1v) is 13.7. The van der Waals surface area contributed by atoms with Gasteiger partial charge in [0.1, 0.15) is 11.7 Å². The standard InChI is InChI=1S/C25H25ClN6O4S/c26-20-5-3-4-18(14-20)16-30-17-28-23-22(25(30)34)15-29-32(23)13-10-27-24(33)19-6-8-21(9-7-19)37(35,36)31-11-1-2-12-31/h3-9,14-15,17H,1-2,10-13,16H2,(H,27,33). The third-order valence-corrected chi connectivity index (χ3v) is 8.44. The van der Waals surface area contributed by atoms with E-state index in [1.165, 1.54) is 45.7 Å². The monoisotopic (exact) mass is 540 g/mol. The molecule has 4 aromatic rings. The molecule has 2 aromatic heterocycles. The van der Waals surface area contributed by atoms with E-state index in [9.17, 15) is 18.0 Å². The molecular formula is C25H25ClN6O4S. The van der Waals surface area contributed by atoms with E-state index in [1.54, 1.807) is 16.8 Å². The van der Waals surface area contributed by atoms with Crippen LogP contribution in [0.4, 0.5) is 0 Å². The van der Waals surface area contributed by atoms with E-state index in [4.69, 9.17) is 11.6 Å². The van der Waals surface area contributed by atoms with Crippen LogP contribution in [0.3, 0.4) is 0 Å². The number of hydrogen-bond donors (Lipinski definition) is 1. The summed E-state index contributed by atoms with van der Waals surface area (Å²) in [6.45, 7) is 1.94. The highest BCUT2D eigenvalue weighted by Gasteiger charge is 2.27. The summed E-state index contributed by atoms with van der Waals surface area (Å²) in [5.74, 6) is -0.335. The smallest absolute Gasteiger partial charge is 0.264 e. The molecule has 0 unspecified atom stereocenters. The maximum atomic E-state index is 12.9. The quantitative estimate of drug-likeness (QED) is 0.367. The highest BCUT2D eigenvalue weighted by atomic mass is 35.5. The van der Waals surface area contributed by atoms with Gasteiger partial charge in [-0.1, -0.05) is 23.7 Å². The first-order valence-electron chi connectivity index (χ1n) is 11.9. The van der Waals surface area contributed by atoms with Crippen LogP contribution in [0.5, 0.6) is 0 Å².